The van der Waals surface area contributed by atoms with E-state index in [1.165, 1.54) is 0 Å². The predicted molar refractivity (Wildman–Crippen MR) is 93.9 cm³/mol. The molecule has 24 heavy (non-hydrogen) atoms. The number of primary amides is 1. The van der Waals surface area contributed by atoms with Gasteiger partial charge < -0.3 is 20.9 Å². The number of rotatable bonds is 7. The summed E-state index contributed by atoms with van der Waals surface area (Å²) >= 11 is 0. The first kappa shape index (κ1) is 17.7. The van der Waals surface area contributed by atoms with Crippen LogP contribution >= 0.6 is 0 Å². The number of urea groups is 1. The number of hydrogen-bond donors (Lipinski definition) is 3. The van der Waals surface area contributed by atoms with Crippen LogP contribution in [0.5, 0.6) is 11.5 Å². The van der Waals surface area contributed by atoms with Gasteiger partial charge in [-0.3, -0.25) is 0 Å². The highest BCUT2D eigenvalue weighted by molar-refractivity contribution is 5.72. The second-order valence-electron chi connectivity index (χ2n) is 6.14. The summed E-state index contributed by atoms with van der Waals surface area (Å²) in [5.41, 5.74) is 7.22. The Morgan fingerprint density at radius 3 is 2.50 bits per heavy atom. The van der Waals surface area contributed by atoms with E-state index in [1.54, 1.807) is 12.1 Å². The van der Waals surface area contributed by atoms with Crippen molar-refractivity contribution in [1.29, 1.82) is 0 Å². The molecule has 0 aliphatic heterocycles. The van der Waals surface area contributed by atoms with E-state index in [2.05, 4.69) is 5.32 Å². The maximum absolute atomic E-state index is 11.1. The van der Waals surface area contributed by atoms with Gasteiger partial charge in [0.2, 0.25) is 0 Å². The van der Waals surface area contributed by atoms with Gasteiger partial charge in [0, 0.05) is 6.04 Å². The number of hydrogen-bond acceptors (Lipinski definition) is 3. The van der Waals surface area contributed by atoms with Crippen LogP contribution in [0.3, 0.4) is 0 Å². The van der Waals surface area contributed by atoms with Crippen LogP contribution in [0.2, 0.25) is 0 Å². The third-order valence-corrected chi connectivity index (χ3v) is 3.85. The molecule has 1 atom stereocenters. The fourth-order valence-electron chi connectivity index (χ4n) is 2.43. The first-order chi connectivity index (χ1) is 11.5. The van der Waals surface area contributed by atoms with Crippen molar-refractivity contribution >= 4 is 6.03 Å². The molecule has 5 heteroatoms. The van der Waals surface area contributed by atoms with Gasteiger partial charge in [0.15, 0.2) is 11.5 Å². The minimum atomic E-state index is -0.534. The van der Waals surface area contributed by atoms with Crippen molar-refractivity contribution in [2.45, 2.75) is 32.9 Å². The van der Waals surface area contributed by atoms with E-state index in [0.29, 0.717) is 18.8 Å². The number of phenolic OH excluding ortho intramolecular Hbond substituents is 1. The Morgan fingerprint density at radius 2 is 1.88 bits per heavy atom. The Morgan fingerprint density at radius 1 is 1.17 bits per heavy atom. The average Bonchev–Trinajstić information content (AvgIpc) is 2.55. The summed E-state index contributed by atoms with van der Waals surface area (Å²) in [5.74, 6) is 0.761. The molecule has 0 aliphatic carbocycles. The van der Waals surface area contributed by atoms with Crippen molar-refractivity contribution in [3.8, 4) is 11.5 Å². The molecule has 0 aliphatic rings. The molecular formula is C19H24N2O3. The van der Waals surface area contributed by atoms with E-state index in [1.807, 2.05) is 50.2 Å². The van der Waals surface area contributed by atoms with Crippen molar-refractivity contribution in [3.63, 3.8) is 0 Å². The molecule has 0 fully saturated rings. The second-order valence-corrected chi connectivity index (χ2v) is 6.14. The molecule has 1 unspecified atom stereocenters. The highest BCUT2D eigenvalue weighted by atomic mass is 16.5. The standard InChI is InChI=1S/C19H24N2O3/c1-13(2)16(21-19(20)23)10-15-8-9-17(22)18(11-15)24-12-14-6-4-3-5-7-14/h3-9,11,13,16,22H,10,12H2,1-2H3,(H3,20,21,23). The Kier molecular flexibility index (Phi) is 6.07. The molecule has 5 nitrogen and oxygen atoms in total. The van der Waals surface area contributed by atoms with Crippen molar-refractivity contribution in [3.05, 3.63) is 59.7 Å². The molecule has 0 radical (unpaired) electrons. The molecule has 0 heterocycles. The zero-order chi connectivity index (χ0) is 17.5. The first-order valence-corrected chi connectivity index (χ1v) is 8.00. The van der Waals surface area contributed by atoms with Gasteiger partial charge in [-0.2, -0.15) is 0 Å². The Balaban J connectivity index is 2.08. The molecule has 0 aromatic heterocycles. The van der Waals surface area contributed by atoms with Crippen LogP contribution in [0.4, 0.5) is 4.79 Å². The zero-order valence-corrected chi connectivity index (χ0v) is 14.0. The normalized spacial score (nSPS) is 12.0. The molecule has 2 aromatic rings. The number of phenols is 1. The van der Waals surface area contributed by atoms with Crippen LogP contribution in [0, 0.1) is 5.92 Å². The molecule has 0 bridgehead atoms. The largest absolute Gasteiger partial charge is 0.504 e. The molecule has 2 rings (SSSR count). The number of ether oxygens (including phenoxy) is 1. The summed E-state index contributed by atoms with van der Waals surface area (Å²) in [6.45, 7) is 4.42. The van der Waals surface area contributed by atoms with E-state index < -0.39 is 6.03 Å². The lowest BCUT2D eigenvalue weighted by molar-refractivity contribution is 0.241. The van der Waals surface area contributed by atoms with Gasteiger partial charge in [-0.15, -0.1) is 0 Å². The third-order valence-electron chi connectivity index (χ3n) is 3.85. The summed E-state index contributed by atoms with van der Waals surface area (Å²) in [6, 6.07) is 14.4. The van der Waals surface area contributed by atoms with Crippen molar-refractivity contribution in [1.82, 2.24) is 5.32 Å². The van der Waals surface area contributed by atoms with Crippen LogP contribution < -0.4 is 15.8 Å². The molecule has 2 aromatic carbocycles. The Bertz CT molecular complexity index is 672. The van der Waals surface area contributed by atoms with Crippen LogP contribution in [0.15, 0.2) is 48.5 Å². The van der Waals surface area contributed by atoms with Crippen molar-refractivity contribution in [2.24, 2.45) is 11.7 Å². The second kappa shape index (κ2) is 8.24. The van der Waals surface area contributed by atoms with E-state index in [4.69, 9.17) is 10.5 Å². The molecule has 4 N–H and O–H groups in total. The molecule has 0 saturated heterocycles. The number of aromatic hydroxyl groups is 1. The SMILES string of the molecule is CC(C)C(Cc1ccc(O)c(OCc2ccccc2)c1)NC(N)=O. The van der Waals surface area contributed by atoms with E-state index in [-0.39, 0.29) is 17.7 Å². The number of amides is 2. The first-order valence-electron chi connectivity index (χ1n) is 8.00. The Hall–Kier alpha value is -2.69. The minimum absolute atomic E-state index is 0.0750. The van der Waals surface area contributed by atoms with Crippen molar-refractivity contribution in [2.75, 3.05) is 0 Å². The van der Waals surface area contributed by atoms with Crippen molar-refractivity contribution < 1.29 is 14.6 Å². The van der Waals surface area contributed by atoms with Crippen LogP contribution in [0.25, 0.3) is 0 Å². The third kappa shape index (κ3) is 5.19. The fraction of sp³-hybridized carbons (Fsp3) is 0.316. The van der Waals surface area contributed by atoms with Gasteiger partial charge in [-0.1, -0.05) is 50.2 Å². The van der Waals surface area contributed by atoms with Gasteiger partial charge in [0.25, 0.3) is 0 Å². The molecule has 0 spiro atoms. The summed E-state index contributed by atoms with van der Waals surface area (Å²) in [6.07, 6.45) is 0.614. The van der Waals surface area contributed by atoms with E-state index in [9.17, 15) is 9.90 Å². The zero-order valence-electron chi connectivity index (χ0n) is 14.0. The summed E-state index contributed by atoms with van der Waals surface area (Å²) in [7, 11) is 0. The topological polar surface area (TPSA) is 84.6 Å². The quantitative estimate of drug-likeness (QED) is 0.729. The smallest absolute Gasteiger partial charge is 0.312 e. The predicted octanol–water partition coefficient (Wildman–Crippen LogP) is 3.21. The lowest BCUT2D eigenvalue weighted by Gasteiger charge is -2.21. The molecule has 2 amide bonds. The summed E-state index contributed by atoms with van der Waals surface area (Å²) in [5, 5.41) is 12.7. The van der Waals surface area contributed by atoms with Crippen LogP contribution in [-0.2, 0) is 13.0 Å². The van der Waals surface area contributed by atoms with Gasteiger partial charge in [-0.25, -0.2) is 4.79 Å². The highest BCUT2D eigenvalue weighted by Crippen LogP contribution is 2.28. The van der Waals surface area contributed by atoms with Crippen LogP contribution in [0.1, 0.15) is 25.0 Å². The van der Waals surface area contributed by atoms with Gasteiger partial charge in [0.1, 0.15) is 6.61 Å². The monoisotopic (exact) mass is 328 g/mol. The number of nitrogens with two attached hydrogens (primary N) is 1. The number of nitrogens with one attached hydrogen (secondary N) is 1. The summed E-state index contributed by atoms with van der Waals surface area (Å²) in [4.78, 5) is 11.1. The van der Waals surface area contributed by atoms with Gasteiger partial charge in [0.05, 0.1) is 0 Å². The Labute approximate surface area is 142 Å². The fourth-order valence-corrected chi connectivity index (χ4v) is 2.43. The molecular weight excluding hydrogens is 304 g/mol. The minimum Gasteiger partial charge on any atom is -0.504 e. The van der Waals surface area contributed by atoms with E-state index in [0.717, 1.165) is 11.1 Å². The summed E-state index contributed by atoms with van der Waals surface area (Å²) < 4.78 is 5.72. The lowest BCUT2D eigenvalue weighted by Crippen LogP contribution is -2.43. The van der Waals surface area contributed by atoms with Gasteiger partial charge in [-0.05, 0) is 35.6 Å². The van der Waals surface area contributed by atoms with Gasteiger partial charge >= 0.3 is 6.03 Å². The number of carbonyl (C=O) groups excluding carboxylic acids is 1. The van der Waals surface area contributed by atoms with E-state index >= 15 is 0 Å². The number of carbonyl (C=O) groups is 1. The maximum Gasteiger partial charge on any atom is 0.312 e. The molecule has 0 saturated carbocycles. The lowest BCUT2D eigenvalue weighted by atomic mass is 9.96. The average molecular weight is 328 g/mol. The maximum atomic E-state index is 11.1. The van der Waals surface area contributed by atoms with Crippen LogP contribution in [-0.4, -0.2) is 17.2 Å². The highest BCUT2D eigenvalue weighted by Gasteiger charge is 2.16. The number of benzene rings is 2. The molecule has 128 valence electrons.